The predicted molar refractivity (Wildman–Crippen MR) is 74.4 cm³/mol. The lowest BCUT2D eigenvalue weighted by Gasteiger charge is -2.27. The van der Waals surface area contributed by atoms with Crippen LogP contribution >= 0.6 is 15.9 Å². The molecule has 1 amide bonds. The minimum absolute atomic E-state index is 0.102. The molecule has 1 fully saturated rings. The molecule has 2 unspecified atom stereocenters. The first-order valence-electron chi connectivity index (χ1n) is 6.50. The zero-order chi connectivity index (χ0) is 13.8. The fourth-order valence-corrected chi connectivity index (χ4v) is 2.87. The summed E-state index contributed by atoms with van der Waals surface area (Å²) in [5, 5.41) is 12.6. The van der Waals surface area contributed by atoms with Crippen LogP contribution in [0.25, 0.3) is 0 Å². The number of nitrogens with one attached hydrogen (secondary N) is 1. The lowest BCUT2D eigenvalue weighted by Crippen LogP contribution is -2.36. The van der Waals surface area contributed by atoms with E-state index in [0.717, 1.165) is 25.7 Å². The Labute approximate surface area is 120 Å². The Morgan fingerprint density at radius 2 is 2.16 bits per heavy atom. The summed E-state index contributed by atoms with van der Waals surface area (Å²) in [7, 11) is 0. The van der Waals surface area contributed by atoms with Gasteiger partial charge in [0.15, 0.2) is 0 Å². The molecule has 1 saturated carbocycles. The molecular formula is C14H17BrFNO2. The van der Waals surface area contributed by atoms with Crippen LogP contribution in [0.2, 0.25) is 0 Å². The maximum absolute atomic E-state index is 13.3. The number of hydrogen-bond donors (Lipinski definition) is 2. The van der Waals surface area contributed by atoms with Crippen molar-refractivity contribution >= 4 is 21.8 Å². The van der Waals surface area contributed by atoms with Crippen molar-refractivity contribution < 1.29 is 14.3 Å². The van der Waals surface area contributed by atoms with Gasteiger partial charge in [-0.3, -0.25) is 4.79 Å². The van der Waals surface area contributed by atoms with Crippen molar-refractivity contribution in [3.63, 3.8) is 0 Å². The predicted octanol–water partition coefficient (Wildman–Crippen LogP) is 2.87. The zero-order valence-electron chi connectivity index (χ0n) is 10.5. The highest BCUT2D eigenvalue weighted by Gasteiger charge is 2.23. The van der Waals surface area contributed by atoms with Gasteiger partial charge in [0.05, 0.1) is 16.1 Å². The van der Waals surface area contributed by atoms with Crippen LogP contribution in [0.3, 0.4) is 0 Å². The minimum Gasteiger partial charge on any atom is -0.393 e. The molecule has 19 heavy (non-hydrogen) atoms. The van der Waals surface area contributed by atoms with E-state index in [-0.39, 0.29) is 28.0 Å². The first-order chi connectivity index (χ1) is 9.09. The second-order valence-electron chi connectivity index (χ2n) is 4.92. The average Bonchev–Trinajstić information content (AvgIpc) is 2.40. The Bertz CT molecular complexity index is 467. The molecule has 1 aliphatic carbocycles. The maximum atomic E-state index is 13.3. The van der Waals surface area contributed by atoms with E-state index in [1.165, 1.54) is 12.1 Å². The molecule has 2 N–H and O–H groups in total. The van der Waals surface area contributed by atoms with E-state index in [2.05, 4.69) is 21.2 Å². The lowest BCUT2D eigenvalue weighted by atomic mass is 9.86. The molecule has 0 aliphatic heterocycles. The topological polar surface area (TPSA) is 49.3 Å². The van der Waals surface area contributed by atoms with Gasteiger partial charge in [0.1, 0.15) is 5.82 Å². The van der Waals surface area contributed by atoms with Gasteiger partial charge < -0.3 is 10.4 Å². The van der Waals surface area contributed by atoms with E-state index < -0.39 is 5.82 Å². The third-order valence-electron chi connectivity index (χ3n) is 3.59. The van der Waals surface area contributed by atoms with Crippen molar-refractivity contribution in [1.82, 2.24) is 5.32 Å². The van der Waals surface area contributed by atoms with Gasteiger partial charge in [0.25, 0.3) is 5.91 Å². The van der Waals surface area contributed by atoms with E-state index in [9.17, 15) is 14.3 Å². The highest BCUT2D eigenvalue weighted by molar-refractivity contribution is 9.10. The smallest absolute Gasteiger partial charge is 0.252 e. The first kappa shape index (κ1) is 14.5. The van der Waals surface area contributed by atoms with Crippen molar-refractivity contribution in [2.75, 3.05) is 6.54 Å². The number of halogens is 2. The van der Waals surface area contributed by atoms with Crippen molar-refractivity contribution in [2.45, 2.75) is 31.8 Å². The third-order valence-corrected chi connectivity index (χ3v) is 4.40. The number of amides is 1. The summed E-state index contributed by atoms with van der Waals surface area (Å²) in [5.41, 5.74) is 0.283. The fourth-order valence-electron chi connectivity index (χ4n) is 2.42. The van der Waals surface area contributed by atoms with Crippen LogP contribution in [0.1, 0.15) is 36.0 Å². The number of rotatable bonds is 3. The molecule has 5 heteroatoms. The van der Waals surface area contributed by atoms with Gasteiger partial charge >= 0.3 is 0 Å². The molecule has 0 heterocycles. The molecule has 0 saturated heterocycles. The summed E-state index contributed by atoms with van der Waals surface area (Å²) in [4.78, 5) is 12.0. The largest absolute Gasteiger partial charge is 0.393 e. The number of carbonyl (C=O) groups is 1. The molecule has 104 valence electrons. The van der Waals surface area contributed by atoms with Crippen molar-refractivity contribution in [1.29, 1.82) is 0 Å². The van der Waals surface area contributed by atoms with Crippen molar-refractivity contribution in [3.8, 4) is 0 Å². The quantitative estimate of drug-likeness (QED) is 0.895. The van der Waals surface area contributed by atoms with Crippen molar-refractivity contribution in [2.24, 2.45) is 5.92 Å². The van der Waals surface area contributed by atoms with Crippen LogP contribution in [0, 0.1) is 11.7 Å². The van der Waals surface area contributed by atoms with E-state index in [0.29, 0.717) is 6.54 Å². The van der Waals surface area contributed by atoms with Gasteiger partial charge in [0, 0.05) is 12.5 Å². The van der Waals surface area contributed by atoms with Crippen LogP contribution in [0.5, 0.6) is 0 Å². The molecule has 3 nitrogen and oxygen atoms in total. The standard InChI is InChI=1S/C14H17BrFNO2/c15-13-10(5-3-6-11(13)16)14(19)17-8-9-4-1-2-7-12(9)18/h3,5-6,9,12,18H,1-2,4,7-8H2,(H,17,19). The van der Waals surface area contributed by atoms with Crippen LogP contribution < -0.4 is 5.32 Å². The second kappa shape index (κ2) is 6.48. The minimum atomic E-state index is -0.453. The molecule has 0 spiro atoms. The summed E-state index contributed by atoms with van der Waals surface area (Å²) >= 11 is 3.07. The lowest BCUT2D eigenvalue weighted by molar-refractivity contribution is 0.0662. The molecule has 1 aliphatic rings. The number of aliphatic hydroxyl groups is 1. The van der Waals surface area contributed by atoms with Crippen LogP contribution in [-0.2, 0) is 0 Å². The summed E-state index contributed by atoms with van der Waals surface area (Å²) in [6.07, 6.45) is 3.50. The van der Waals surface area contributed by atoms with Crippen LogP contribution in [0.4, 0.5) is 4.39 Å². The number of hydrogen-bond acceptors (Lipinski definition) is 2. The molecule has 0 bridgehead atoms. The second-order valence-corrected chi connectivity index (χ2v) is 5.72. The fraction of sp³-hybridized carbons (Fsp3) is 0.500. The van der Waals surface area contributed by atoms with Gasteiger partial charge in [-0.05, 0) is 40.9 Å². The van der Waals surface area contributed by atoms with Crippen LogP contribution in [-0.4, -0.2) is 23.7 Å². The zero-order valence-corrected chi connectivity index (χ0v) is 12.1. The van der Waals surface area contributed by atoms with E-state index in [1.807, 2.05) is 0 Å². The molecule has 1 aromatic rings. The molecule has 2 atom stereocenters. The monoisotopic (exact) mass is 329 g/mol. The maximum Gasteiger partial charge on any atom is 0.252 e. The third kappa shape index (κ3) is 3.54. The van der Waals surface area contributed by atoms with E-state index >= 15 is 0 Å². The van der Waals surface area contributed by atoms with Gasteiger partial charge in [0.2, 0.25) is 0 Å². The van der Waals surface area contributed by atoms with Gasteiger partial charge in [-0.15, -0.1) is 0 Å². The molecule has 1 aromatic carbocycles. The Balaban J connectivity index is 1.95. The Morgan fingerprint density at radius 3 is 2.89 bits per heavy atom. The molecule has 0 aromatic heterocycles. The molecular weight excluding hydrogens is 313 g/mol. The van der Waals surface area contributed by atoms with Gasteiger partial charge in [-0.1, -0.05) is 18.9 Å². The Morgan fingerprint density at radius 1 is 1.42 bits per heavy atom. The molecule has 2 rings (SSSR count). The van der Waals surface area contributed by atoms with E-state index in [4.69, 9.17) is 0 Å². The van der Waals surface area contributed by atoms with E-state index in [1.54, 1.807) is 6.07 Å². The highest BCUT2D eigenvalue weighted by atomic mass is 79.9. The highest BCUT2D eigenvalue weighted by Crippen LogP contribution is 2.24. The SMILES string of the molecule is O=C(NCC1CCCCC1O)c1cccc(F)c1Br. The van der Waals surface area contributed by atoms with Crippen molar-refractivity contribution in [3.05, 3.63) is 34.1 Å². The summed E-state index contributed by atoms with van der Waals surface area (Å²) in [5.74, 6) is -0.667. The Hall–Kier alpha value is -0.940. The number of carbonyl (C=O) groups excluding carboxylic acids is 1. The van der Waals surface area contributed by atoms with Gasteiger partial charge in [-0.25, -0.2) is 4.39 Å². The van der Waals surface area contributed by atoms with Crippen LogP contribution in [0.15, 0.2) is 22.7 Å². The average molecular weight is 330 g/mol. The summed E-state index contributed by atoms with van der Waals surface area (Å²) < 4.78 is 13.5. The Kier molecular flexibility index (Phi) is 4.93. The number of aliphatic hydroxyl groups excluding tert-OH is 1. The van der Waals surface area contributed by atoms with Gasteiger partial charge in [-0.2, -0.15) is 0 Å². The first-order valence-corrected chi connectivity index (χ1v) is 7.29. The number of benzene rings is 1. The summed E-state index contributed by atoms with van der Waals surface area (Å²) in [6, 6.07) is 4.37. The normalized spacial score (nSPS) is 23.1. The molecule has 0 radical (unpaired) electrons. The summed E-state index contributed by atoms with van der Waals surface area (Å²) in [6.45, 7) is 0.433.